The molecule has 5 rings (SSSR count). The minimum Gasteiger partial charge on any atom is -0.431 e. The molecule has 5 heterocycles. The van der Waals surface area contributed by atoms with E-state index in [1.165, 1.54) is 19.3 Å². The van der Waals surface area contributed by atoms with Crippen LogP contribution >= 0.6 is 0 Å². The number of fused-ring (bicyclic) bond motifs is 1. The number of hydrogen-bond donors (Lipinski definition) is 0. The Hall–Kier alpha value is -3.67. The molecule has 0 aliphatic carbocycles. The van der Waals surface area contributed by atoms with Crippen molar-refractivity contribution in [3.63, 3.8) is 0 Å². The average Bonchev–Trinajstić information content (AvgIpc) is 3.18. The van der Waals surface area contributed by atoms with Gasteiger partial charge in [-0.1, -0.05) is 13.8 Å². The fourth-order valence-corrected chi connectivity index (χ4v) is 7.25. The molecule has 214 valence electrons. The first-order valence-electron chi connectivity index (χ1n) is 12.9. The van der Waals surface area contributed by atoms with E-state index in [0.29, 0.717) is 37.7 Å². The van der Waals surface area contributed by atoms with Gasteiger partial charge < -0.3 is 19.4 Å². The highest BCUT2D eigenvalue weighted by atomic mass is 32.2. The molecule has 2 aromatic heterocycles. The summed E-state index contributed by atoms with van der Waals surface area (Å²) in [4.78, 5) is 27.9. The number of halogens is 2. The fourth-order valence-electron chi connectivity index (χ4n) is 5.72. The van der Waals surface area contributed by atoms with E-state index in [1.807, 2.05) is 27.7 Å². The normalized spacial score (nSPS) is 26.7. The molecular formula is C25H30F2N8O4S. The standard InChI is InChI=1S/C25H30F2N8O4S/c1-14-11-34(22(36)25(5)6-7-40(25,37)38)15(2)10-33(14)20-19-21(30-13-29-20)35(12-24(19,3)4)18-8-17(39-23(26)27)16(9-28)31-32-18/h8,13-15,23H,6-7,10-12H2,1-5H3/t14-,15+,25?/m0/s1. The highest BCUT2D eigenvalue weighted by Crippen LogP contribution is 2.47. The van der Waals surface area contributed by atoms with Crippen molar-refractivity contribution in [2.24, 2.45) is 0 Å². The van der Waals surface area contributed by atoms with Gasteiger partial charge in [-0.2, -0.15) is 14.0 Å². The molecule has 0 radical (unpaired) electrons. The summed E-state index contributed by atoms with van der Waals surface area (Å²) in [5.41, 5.74) is -0.0519. The van der Waals surface area contributed by atoms with Crippen molar-refractivity contribution in [1.82, 2.24) is 25.1 Å². The van der Waals surface area contributed by atoms with Crippen LogP contribution in [-0.4, -0.2) is 88.2 Å². The summed E-state index contributed by atoms with van der Waals surface area (Å²) in [5, 5.41) is 17.1. The van der Waals surface area contributed by atoms with Gasteiger partial charge in [0.05, 0.1) is 5.75 Å². The molecule has 0 saturated carbocycles. The molecule has 40 heavy (non-hydrogen) atoms. The van der Waals surface area contributed by atoms with Crippen LogP contribution in [0.2, 0.25) is 0 Å². The van der Waals surface area contributed by atoms with Crippen LogP contribution in [0.5, 0.6) is 5.75 Å². The molecule has 1 amide bonds. The first-order chi connectivity index (χ1) is 18.7. The summed E-state index contributed by atoms with van der Waals surface area (Å²) in [7, 11) is -3.46. The van der Waals surface area contributed by atoms with Crippen LogP contribution in [0.3, 0.4) is 0 Å². The molecule has 3 aliphatic heterocycles. The molecular weight excluding hydrogens is 546 g/mol. The number of nitrogens with zero attached hydrogens (tertiary/aromatic N) is 8. The Kier molecular flexibility index (Phi) is 6.60. The second-order valence-corrected chi connectivity index (χ2v) is 13.9. The molecule has 15 heteroatoms. The summed E-state index contributed by atoms with van der Waals surface area (Å²) in [6.45, 7) is 7.35. The maximum Gasteiger partial charge on any atom is 0.387 e. The van der Waals surface area contributed by atoms with Crippen molar-refractivity contribution >= 4 is 33.2 Å². The number of alkyl halides is 2. The van der Waals surface area contributed by atoms with Crippen molar-refractivity contribution in [2.75, 3.05) is 35.2 Å². The SMILES string of the molecule is C[C@@H]1CN(c2ncnc3c2C(C)(C)CN3c2cc(OC(F)F)c(C#N)nn2)[C@@H](C)CN1C(=O)C1(C)CCS1(=O)=O. The topological polar surface area (TPSA) is 146 Å². The van der Waals surface area contributed by atoms with Gasteiger partial charge in [0, 0.05) is 48.8 Å². The summed E-state index contributed by atoms with van der Waals surface area (Å²) in [5.74, 6) is 0.655. The van der Waals surface area contributed by atoms with Gasteiger partial charge in [0.2, 0.25) is 11.6 Å². The van der Waals surface area contributed by atoms with Crippen molar-refractivity contribution in [3.8, 4) is 11.8 Å². The minimum absolute atomic E-state index is 0.0250. The maximum atomic E-state index is 13.4. The third kappa shape index (κ3) is 4.29. The van der Waals surface area contributed by atoms with Crippen molar-refractivity contribution < 1.29 is 26.7 Å². The molecule has 12 nitrogen and oxygen atoms in total. The summed E-state index contributed by atoms with van der Waals surface area (Å²) in [6.07, 6.45) is 1.73. The molecule has 2 saturated heterocycles. The number of rotatable bonds is 5. The Bertz CT molecular complexity index is 1510. The number of piperazine rings is 1. The average molecular weight is 577 g/mol. The molecule has 2 aromatic rings. The summed E-state index contributed by atoms with van der Waals surface area (Å²) in [6, 6.07) is 2.49. The third-order valence-corrected chi connectivity index (χ3v) is 10.6. The zero-order valence-electron chi connectivity index (χ0n) is 22.8. The molecule has 0 spiro atoms. The highest BCUT2D eigenvalue weighted by Gasteiger charge is 2.57. The Labute approximate surface area is 230 Å². The summed E-state index contributed by atoms with van der Waals surface area (Å²) >= 11 is 0. The van der Waals surface area contributed by atoms with Gasteiger partial charge in [-0.05, 0) is 27.2 Å². The van der Waals surface area contributed by atoms with Gasteiger partial charge >= 0.3 is 6.61 Å². The van der Waals surface area contributed by atoms with E-state index < -0.39 is 26.6 Å². The number of aromatic nitrogens is 4. The second kappa shape index (κ2) is 9.46. The van der Waals surface area contributed by atoms with E-state index in [4.69, 9.17) is 0 Å². The number of carbonyl (C=O) groups excluding carboxylic acids is 1. The quantitative estimate of drug-likeness (QED) is 0.516. The molecule has 1 unspecified atom stereocenters. The van der Waals surface area contributed by atoms with Crippen LogP contribution in [0.4, 0.5) is 26.2 Å². The molecule has 3 atom stereocenters. The highest BCUT2D eigenvalue weighted by molar-refractivity contribution is 7.95. The Morgan fingerprint density at radius 2 is 1.85 bits per heavy atom. The number of amides is 1. The van der Waals surface area contributed by atoms with E-state index in [2.05, 4.69) is 29.8 Å². The van der Waals surface area contributed by atoms with Crippen molar-refractivity contribution in [3.05, 3.63) is 23.7 Å². The number of anilines is 3. The Morgan fingerprint density at radius 1 is 1.15 bits per heavy atom. The van der Waals surface area contributed by atoms with Crippen LogP contribution < -0.4 is 14.5 Å². The van der Waals surface area contributed by atoms with Crippen molar-refractivity contribution in [2.45, 2.75) is 69.9 Å². The lowest BCUT2D eigenvalue weighted by molar-refractivity contribution is -0.137. The van der Waals surface area contributed by atoms with Gasteiger partial charge in [0.1, 0.15) is 28.8 Å². The van der Waals surface area contributed by atoms with E-state index in [-0.39, 0.29) is 41.0 Å². The number of ether oxygens (including phenoxy) is 1. The van der Waals surface area contributed by atoms with Crippen molar-refractivity contribution in [1.29, 1.82) is 5.26 Å². The number of sulfone groups is 1. The predicted molar refractivity (Wildman–Crippen MR) is 140 cm³/mol. The monoisotopic (exact) mass is 576 g/mol. The van der Waals surface area contributed by atoms with Gasteiger partial charge in [0.25, 0.3) is 0 Å². The number of hydrogen-bond acceptors (Lipinski definition) is 11. The second-order valence-electron chi connectivity index (χ2n) is 11.4. The maximum absolute atomic E-state index is 13.4. The molecule has 0 N–H and O–H groups in total. The van der Waals surface area contributed by atoms with Crippen LogP contribution in [-0.2, 0) is 20.0 Å². The minimum atomic E-state index is -3.46. The Balaban J connectivity index is 1.47. The smallest absolute Gasteiger partial charge is 0.387 e. The first-order valence-corrected chi connectivity index (χ1v) is 14.5. The summed E-state index contributed by atoms with van der Waals surface area (Å²) < 4.78 is 53.9. The first kappa shape index (κ1) is 27.9. The number of nitriles is 1. The van der Waals surface area contributed by atoms with Gasteiger partial charge in [-0.3, -0.25) is 4.79 Å². The molecule has 3 aliphatic rings. The van der Waals surface area contributed by atoms with E-state index in [9.17, 15) is 27.3 Å². The van der Waals surface area contributed by atoms with E-state index in [0.717, 1.165) is 5.56 Å². The predicted octanol–water partition coefficient (Wildman–Crippen LogP) is 2.17. The van der Waals surface area contributed by atoms with Crippen LogP contribution in [0.1, 0.15) is 52.3 Å². The lowest BCUT2D eigenvalue weighted by atomic mass is 9.87. The molecule has 0 bridgehead atoms. The molecule has 0 aromatic carbocycles. The van der Waals surface area contributed by atoms with Crippen LogP contribution in [0.15, 0.2) is 12.4 Å². The lowest BCUT2D eigenvalue weighted by Crippen LogP contribution is -2.66. The van der Waals surface area contributed by atoms with Gasteiger partial charge in [-0.25, -0.2) is 18.4 Å². The third-order valence-electron chi connectivity index (χ3n) is 8.14. The van der Waals surface area contributed by atoms with E-state index >= 15 is 0 Å². The zero-order valence-corrected chi connectivity index (χ0v) is 23.6. The fraction of sp³-hybridized carbons (Fsp3) is 0.600. The molecule has 2 fully saturated rings. The largest absolute Gasteiger partial charge is 0.431 e. The van der Waals surface area contributed by atoms with Crippen LogP contribution in [0, 0.1) is 11.3 Å². The number of carbonyl (C=O) groups is 1. The van der Waals surface area contributed by atoms with Gasteiger partial charge in [-0.15, -0.1) is 10.2 Å². The van der Waals surface area contributed by atoms with E-state index in [1.54, 1.807) is 15.9 Å². The zero-order chi connectivity index (χ0) is 29.2. The Morgan fingerprint density at radius 3 is 2.45 bits per heavy atom. The van der Waals surface area contributed by atoms with Gasteiger partial charge in [0.15, 0.2) is 21.4 Å². The lowest BCUT2D eigenvalue weighted by Gasteiger charge is -2.49. The van der Waals surface area contributed by atoms with Crippen LogP contribution in [0.25, 0.3) is 0 Å².